The molecule has 1 aliphatic carbocycles. The number of aliphatic hydroxyl groups is 1. The Morgan fingerprint density at radius 2 is 1.25 bits per heavy atom. The lowest BCUT2D eigenvalue weighted by atomic mass is 9.52. The Morgan fingerprint density at radius 3 is 1.83 bits per heavy atom. The summed E-state index contributed by atoms with van der Waals surface area (Å²) in [4.78, 5) is 0. The first kappa shape index (κ1) is 23.9. The van der Waals surface area contributed by atoms with E-state index >= 15 is 0 Å². The summed E-state index contributed by atoms with van der Waals surface area (Å²) in [7, 11) is 0. The second-order valence-electron chi connectivity index (χ2n) is 9.62. The third kappa shape index (κ3) is 3.02. The third-order valence-corrected chi connectivity index (χ3v) is 8.03. The lowest BCUT2D eigenvalue weighted by Gasteiger charge is -2.53. The summed E-state index contributed by atoms with van der Waals surface area (Å²) in [6.45, 7) is 14.9. The molecule has 5 rings (SSSR count). The van der Waals surface area contributed by atoms with E-state index in [0.29, 0.717) is 28.8 Å². The summed E-state index contributed by atoms with van der Waals surface area (Å²) in [5.41, 5.74) is 4.25. The third-order valence-electron chi connectivity index (χ3n) is 8.03. The minimum absolute atomic E-state index is 0.428. The molecular formula is C29H30N6O. The Labute approximate surface area is 210 Å². The van der Waals surface area contributed by atoms with Crippen LogP contribution in [0, 0.1) is 0 Å². The quantitative estimate of drug-likeness (QED) is 0.377. The van der Waals surface area contributed by atoms with Crippen LogP contribution in [0.2, 0.25) is 0 Å². The van der Waals surface area contributed by atoms with Crippen molar-refractivity contribution in [2.24, 2.45) is 0 Å². The van der Waals surface area contributed by atoms with E-state index in [4.69, 9.17) is 0 Å². The van der Waals surface area contributed by atoms with Crippen LogP contribution in [0.25, 0.3) is 21.8 Å². The summed E-state index contributed by atoms with van der Waals surface area (Å²) >= 11 is 0. The fourth-order valence-electron chi connectivity index (χ4n) is 5.95. The highest BCUT2D eigenvalue weighted by Gasteiger charge is 2.62. The average Bonchev–Trinajstić information content (AvgIpc) is 2.91. The van der Waals surface area contributed by atoms with Gasteiger partial charge in [0, 0.05) is 10.8 Å². The van der Waals surface area contributed by atoms with Crippen LogP contribution in [-0.4, -0.2) is 35.9 Å². The number of fused-ring (bicyclic) bond motifs is 2. The van der Waals surface area contributed by atoms with Gasteiger partial charge < -0.3 is 5.11 Å². The van der Waals surface area contributed by atoms with Crippen molar-refractivity contribution in [3.8, 4) is 0 Å². The summed E-state index contributed by atoms with van der Waals surface area (Å²) in [6, 6.07) is 15.4. The van der Waals surface area contributed by atoms with Gasteiger partial charge in [0.25, 0.3) is 0 Å². The zero-order chi connectivity index (χ0) is 25.7. The SMILES string of the molecule is C=C(CCC)C1(c2nnnc3ccccc23)C(C)=C(C)C(C)=C(C)C1(O)c1nnnc2ccccc12. The highest BCUT2D eigenvalue weighted by atomic mass is 16.3. The smallest absolute Gasteiger partial charge is 0.149 e. The van der Waals surface area contributed by atoms with Crippen molar-refractivity contribution < 1.29 is 5.11 Å². The molecule has 2 heterocycles. The number of rotatable bonds is 5. The number of benzene rings is 2. The standard InChI is InChI=1S/C29H30N6O/c1-7-12-17(2)28(26-22-13-8-10-15-24(22)30-34-32-26)20(5)18(3)19(4)21(6)29(28,36)27-23-14-9-11-16-25(23)31-35-33-27/h8-11,13-16,36H,2,7,12H2,1,3-6H3. The molecule has 1 aliphatic rings. The van der Waals surface area contributed by atoms with E-state index in [1.807, 2.05) is 62.4 Å². The maximum absolute atomic E-state index is 13.3. The van der Waals surface area contributed by atoms with Gasteiger partial charge in [-0.15, -0.1) is 20.4 Å². The van der Waals surface area contributed by atoms with Gasteiger partial charge in [-0.1, -0.05) is 67.5 Å². The van der Waals surface area contributed by atoms with Gasteiger partial charge in [0.2, 0.25) is 0 Å². The second kappa shape index (κ2) is 8.68. The molecule has 0 saturated carbocycles. The molecule has 36 heavy (non-hydrogen) atoms. The molecule has 0 bridgehead atoms. The van der Waals surface area contributed by atoms with Gasteiger partial charge in [-0.05, 0) is 73.4 Å². The van der Waals surface area contributed by atoms with Crippen molar-refractivity contribution in [1.82, 2.24) is 30.8 Å². The van der Waals surface area contributed by atoms with Gasteiger partial charge in [0.1, 0.15) is 11.3 Å². The van der Waals surface area contributed by atoms with E-state index < -0.39 is 11.0 Å². The van der Waals surface area contributed by atoms with Gasteiger partial charge >= 0.3 is 0 Å². The highest BCUT2D eigenvalue weighted by Crippen LogP contribution is 2.61. The van der Waals surface area contributed by atoms with E-state index in [0.717, 1.165) is 45.1 Å². The molecule has 0 saturated heterocycles. The second-order valence-corrected chi connectivity index (χ2v) is 9.62. The molecule has 7 heteroatoms. The number of hydrogen-bond donors (Lipinski definition) is 1. The van der Waals surface area contributed by atoms with Crippen molar-refractivity contribution in [1.29, 1.82) is 0 Å². The predicted molar refractivity (Wildman–Crippen MR) is 141 cm³/mol. The molecule has 2 aromatic heterocycles. The van der Waals surface area contributed by atoms with Gasteiger partial charge in [-0.2, -0.15) is 0 Å². The van der Waals surface area contributed by atoms with E-state index in [1.54, 1.807) is 0 Å². The van der Waals surface area contributed by atoms with Gasteiger partial charge in [0.05, 0.1) is 22.1 Å². The predicted octanol–water partition coefficient (Wildman–Crippen LogP) is 5.53. The number of hydrogen-bond acceptors (Lipinski definition) is 7. The molecule has 4 aromatic rings. The number of allylic oxidation sites excluding steroid dienone is 2. The topological polar surface area (TPSA) is 97.6 Å². The summed E-state index contributed by atoms with van der Waals surface area (Å²) in [6.07, 6.45) is 1.53. The monoisotopic (exact) mass is 478 g/mol. The van der Waals surface area contributed by atoms with Crippen molar-refractivity contribution in [3.63, 3.8) is 0 Å². The van der Waals surface area contributed by atoms with E-state index in [9.17, 15) is 5.11 Å². The van der Waals surface area contributed by atoms with Crippen LogP contribution in [0.5, 0.6) is 0 Å². The Bertz CT molecular complexity index is 1580. The highest BCUT2D eigenvalue weighted by molar-refractivity contribution is 5.86. The van der Waals surface area contributed by atoms with Crippen LogP contribution >= 0.6 is 0 Å². The first-order valence-corrected chi connectivity index (χ1v) is 12.2. The molecule has 0 radical (unpaired) electrons. The minimum atomic E-state index is -1.65. The normalized spacial score (nSPS) is 22.5. The molecule has 7 nitrogen and oxygen atoms in total. The Kier molecular flexibility index (Phi) is 5.75. The van der Waals surface area contributed by atoms with E-state index in [-0.39, 0.29) is 0 Å². The zero-order valence-corrected chi connectivity index (χ0v) is 21.4. The van der Waals surface area contributed by atoms with Crippen LogP contribution in [0.3, 0.4) is 0 Å². The number of aromatic nitrogens is 6. The van der Waals surface area contributed by atoms with Gasteiger partial charge in [-0.25, -0.2) is 0 Å². The van der Waals surface area contributed by atoms with Crippen LogP contribution in [-0.2, 0) is 11.0 Å². The minimum Gasteiger partial charge on any atom is -0.377 e. The Hall–Kier alpha value is -3.84. The van der Waals surface area contributed by atoms with E-state index in [2.05, 4.69) is 58.2 Å². The zero-order valence-electron chi connectivity index (χ0n) is 21.4. The molecule has 2 atom stereocenters. The van der Waals surface area contributed by atoms with Crippen LogP contribution in [0.4, 0.5) is 0 Å². The fraction of sp³-hybridized carbons (Fsp3) is 0.310. The van der Waals surface area contributed by atoms with E-state index in [1.165, 1.54) is 0 Å². The molecule has 0 amide bonds. The first-order valence-electron chi connectivity index (χ1n) is 12.2. The molecule has 182 valence electrons. The largest absolute Gasteiger partial charge is 0.377 e. The van der Waals surface area contributed by atoms with Crippen molar-refractivity contribution in [3.05, 3.63) is 94.4 Å². The molecule has 2 aromatic carbocycles. The van der Waals surface area contributed by atoms with Crippen LogP contribution < -0.4 is 0 Å². The van der Waals surface area contributed by atoms with Gasteiger partial charge in [-0.3, -0.25) is 0 Å². The van der Waals surface area contributed by atoms with Crippen molar-refractivity contribution in [2.45, 2.75) is 58.5 Å². The molecule has 2 unspecified atom stereocenters. The number of nitrogens with zero attached hydrogens (tertiary/aromatic N) is 6. The maximum atomic E-state index is 13.3. The van der Waals surface area contributed by atoms with Crippen molar-refractivity contribution >= 4 is 21.8 Å². The average molecular weight is 479 g/mol. The summed E-state index contributed by atoms with van der Waals surface area (Å²) < 4.78 is 0. The fourth-order valence-corrected chi connectivity index (χ4v) is 5.95. The van der Waals surface area contributed by atoms with Gasteiger partial charge in [0.15, 0.2) is 0 Å². The lowest BCUT2D eigenvalue weighted by molar-refractivity contribution is 0.0105. The summed E-state index contributed by atoms with van der Waals surface area (Å²) in [5.74, 6) is 0. The van der Waals surface area contributed by atoms with Crippen LogP contribution in [0.1, 0.15) is 58.8 Å². The summed E-state index contributed by atoms with van der Waals surface area (Å²) in [5, 5.41) is 40.8. The molecule has 0 spiro atoms. The molecular weight excluding hydrogens is 448 g/mol. The van der Waals surface area contributed by atoms with Crippen LogP contribution in [0.15, 0.2) is 83.0 Å². The maximum Gasteiger partial charge on any atom is 0.149 e. The lowest BCUT2D eigenvalue weighted by Crippen LogP contribution is -2.56. The molecule has 0 fully saturated rings. The molecule has 0 aliphatic heterocycles. The Balaban J connectivity index is 2.04. The molecule has 1 N–H and O–H groups in total. The van der Waals surface area contributed by atoms with Crippen molar-refractivity contribution in [2.75, 3.05) is 0 Å². The first-order chi connectivity index (χ1) is 17.3. The Morgan fingerprint density at radius 1 is 0.750 bits per heavy atom.